The molecular weight excluding hydrogens is 252 g/mol. The van der Waals surface area contributed by atoms with Gasteiger partial charge >= 0.3 is 5.69 Å². The number of rotatable bonds is 3. The predicted octanol–water partition coefficient (Wildman–Crippen LogP) is -0.734. The molecule has 0 unspecified atom stereocenters. The van der Waals surface area contributed by atoms with Crippen molar-refractivity contribution in [3.05, 3.63) is 32.6 Å². The first-order chi connectivity index (χ1) is 8.89. The van der Waals surface area contributed by atoms with Crippen LogP contribution in [0.15, 0.2) is 15.8 Å². The molecule has 7 heteroatoms. The summed E-state index contributed by atoms with van der Waals surface area (Å²) in [7, 11) is 0. The van der Waals surface area contributed by atoms with Crippen molar-refractivity contribution < 1.29 is 14.9 Å². The van der Waals surface area contributed by atoms with Gasteiger partial charge in [0, 0.05) is 11.8 Å². The Labute approximate surface area is 109 Å². The molecule has 0 spiro atoms. The van der Waals surface area contributed by atoms with Gasteiger partial charge in [0.2, 0.25) is 0 Å². The number of hydrogen-bond donors (Lipinski definition) is 3. The van der Waals surface area contributed by atoms with Gasteiger partial charge in [-0.15, -0.1) is 0 Å². The minimum absolute atomic E-state index is 0.321. The first-order valence-electron chi connectivity index (χ1n) is 6.18. The van der Waals surface area contributed by atoms with Crippen LogP contribution >= 0.6 is 0 Å². The summed E-state index contributed by atoms with van der Waals surface area (Å²) in [6.07, 6.45) is 0.918. The highest BCUT2D eigenvalue weighted by molar-refractivity contribution is 5.02. The van der Waals surface area contributed by atoms with Gasteiger partial charge in [-0.1, -0.05) is 0 Å². The molecule has 7 nitrogen and oxygen atoms in total. The molecule has 1 aromatic rings. The maximum absolute atomic E-state index is 11.8. The summed E-state index contributed by atoms with van der Waals surface area (Å²) in [5.74, 6) is 0. The molecule has 0 bridgehead atoms. The molecule has 3 atom stereocenters. The van der Waals surface area contributed by atoms with E-state index in [0.717, 1.165) is 0 Å². The highest BCUT2D eigenvalue weighted by Crippen LogP contribution is 2.37. The zero-order valence-electron chi connectivity index (χ0n) is 10.9. The van der Waals surface area contributed by atoms with Gasteiger partial charge in [-0.05, 0) is 26.7 Å². The summed E-state index contributed by atoms with van der Waals surface area (Å²) in [6, 6.07) is 0. The van der Waals surface area contributed by atoms with Crippen molar-refractivity contribution >= 4 is 0 Å². The lowest BCUT2D eigenvalue weighted by atomic mass is 9.95. The molecular formula is C12H18N2O5. The molecule has 106 valence electrons. The number of aryl methyl sites for hydroxylation is 1. The Kier molecular flexibility index (Phi) is 3.62. The van der Waals surface area contributed by atoms with Gasteiger partial charge in [-0.3, -0.25) is 14.3 Å². The maximum atomic E-state index is 11.8. The molecule has 0 radical (unpaired) electrons. The van der Waals surface area contributed by atoms with Crippen LogP contribution in [0.2, 0.25) is 0 Å². The Morgan fingerprint density at radius 3 is 2.84 bits per heavy atom. The second-order valence-electron chi connectivity index (χ2n) is 4.99. The van der Waals surface area contributed by atoms with Crippen molar-refractivity contribution in [2.75, 3.05) is 6.61 Å². The summed E-state index contributed by atoms with van der Waals surface area (Å²) in [5, 5.41) is 19.1. The van der Waals surface area contributed by atoms with Crippen molar-refractivity contribution in [2.45, 2.75) is 44.6 Å². The van der Waals surface area contributed by atoms with Crippen LogP contribution in [0.3, 0.4) is 0 Å². The molecule has 2 heterocycles. The second kappa shape index (κ2) is 4.92. The summed E-state index contributed by atoms with van der Waals surface area (Å²) in [4.78, 5) is 25.3. The average Bonchev–Trinajstić information content (AvgIpc) is 2.79. The van der Waals surface area contributed by atoms with E-state index in [1.54, 1.807) is 13.8 Å². The zero-order valence-corrected chi connectivity index (χ0v) is 10.9. The Morgan fingerprint density at radius 1 is 1.63 bits per heavy atom. The van der Waals surface area contributed by atoms with Gasteiger partial charge in [0.1, 0.15) is 11.8 Å². The van der Waals surface area contributed by atoms with Crippen LogP contribution in [0.25, 0.3) is 0 Å². The Morgan fingerprint density at radius 2 is 2.32 bits per heavy atom. The van der Waals surface area contributed by atoms with Crippen molar-refractivity contribution in [3.63, 3.8) is 0 Å². The molecule has 1 aromatic heterocycles. The third kappa shape index (κ3) is 2.36. The highest BCUT2D eigenvalue weighted by Gasteiger charge is 2.44. The quantitative estimate of drug-likeness (QED) is 0.671. The normalized spacial score (nSPS) is 28.5. The van der Waals surface area contributed by atoms with Crippen molar-refractivity contribution in [1.29, 1.82) is 0 Å². The Bertz CT molecular complexity index is 576. The fourth-order valence-corrected chi connectivity index (χ4v) is 2.31. The smallest absolute Gasteiger partial charge is 0.330 e. The molecule has 0 amide bonds. The number of aromatic amines is 1. The monoisotopic (exact) mass is 270 g/mol. The standard InChI is InChI=1S/C12H18N2O5/c1-7-5-14(11(18)13-10(7)17)9-3-4-12(6-15,19-9)8(2)16/h5,8-9,15-16H,3-4,6H2,1-2H3,(H,13,17,18)/t8-,9+,12-/m0/s1. The first kappa shape index (κ1) is 14.0. The van der Waals surface area contributed by atoms with E-state index in [1.165, 1.54) is 10.8 Å². The van der Waals surface area contributed by atoms with Gasteiger partial charge in [0.15, 0.2) is 0 Å². The molecule has 1 saturated heterocycles. The Balaban J connectivity index is 2.34. The van der Waals surface area contributed by atoms with E-state index >= 15 is 0 Å². The summed E-state index contributed by atoms with van der Waals surface area (Å²) < 4.78 is 6.95. The average molecular weight is 270 g/mol. The van der Waals surface area contributed by atoms with Gasteiger partial charge in [-0.25, -0.2) is 4.79 Å². The molecule has 1 aliphatic heterocycles. The van der Waals surface area contributed by atoms with Crippen LogP contribution in [0.5, 0.6) is 0 Å². The van der Waals surface area contributed by atoms with E-state index < -0.39 is 29.2 Å². The number of H-pyrrole nitrogens is 1. The van der Waals surface area contributed by atoms with Gasteiger partial charge in [-0.2, -0.15) is 0 Å². The van der Waals surface area contributed by atoms with Crippen LogP contribution in [0.4, 0.5) is 0 Å². The maximum Gasteiger partial charge on any atom is 0.330 e. The fraction of sp³-hybridized carbons (Fsp3) is 0.667. The lowest BCUT2D eigenvalue weighted by Gasteiger charge is -2.30. The van der Waals surface area contributed by atoms with E-state index in [2.05, 4.69) is 4.98 Å². The van der Waals surface area contributed by atoms with Crippen LogP contribution in [-0.2, 0) is 4.74 Å². The molecule has 1 fully saturated rings. The molecule has 2 rings (SSSR count). The zero-order chi connectivity index (χ0) is 14.2. The molecule has 0 aromatic carbocycles. The molecule has 0 saturated carbocycles. The lowest BCUT2D eigenvalue weighted by molar-refractivity contribution is -0.151. The minimum atomic E-state index is -1.05. The number of nitrogens with one attached hydrogen (secondary N) is 1. The SMILES string of the molecule is Cc1cn([C@H]2CC[C@](CO)([C@H](C)O)O2)c(=O)[nH]c1=O. The number of aliphatic hydroxyl groups is 2. The van der Waals surface area contributed by atoms with E-state index in [9.17, 15) is 19.8 Å². The largest absolute Gasteiger partial charge is 0.393 e. The number of hydrogen-bond acceptors (Lipinski definition) is 5. The van der Waals surface area contributed by atoms with E-state index in [-0.39, 0.29) is 6.61 Å². The van der Waals surface area contributed by atoms with Crippen LogP contribution in [0.1, 0.15) is 31.6 Å². The Hall–Kier alpha value is -1.44. The van der Waals surface area contributed by atoms with Crippen LogP contribution < -0.4 is 11.2 Å². The summed E-state index contributed by atoms with van der Waals surface area (Å²) >= 11 is 0. The third-order valence-corrected chi connectivity index (χ3v) is 3.67. The number of ether oxygens (including phenoxy) is 1. The highest BCUT2D eigenvalue weighted by atomic mass is 16.6. The van der Waals surface area contributed by atoms with Crippen LogP contribution in [-0.4, -0.2) is 38.1 Å². The minimum Gasteiger partial charge on any atom is -0.393 e. The summed E-state index contributed by atoms with van der Waals surface area (Å²) in [5.41, 5.74) is -1.63. The van der Waals surface area contributed by atoms with Crippen molar-refractivity contribution in [2.24, 2.45) is 0 Å². The van der Waals surface area contributed by atoms with E-state index in [1.807, 2.05) is 0 Å². The van der Waals surface area contributed by atoms with Gasteiger partial charge in [0.05, 0.1) is 12.7 Å². The third-order valence-electron chi connectivity index (χ3n) is 3.67. The number of aliphatic hydroxyl groups excluding tert-OH is 2. The molecule has 3 N–H and O–H groups in total. The van der Waals surface area contributed by atoms with Crippen molar-refractivity contribution in [1.82, 2.24) is 9.55 Å². The van der Waals surface area contributed by atoms with Gasteiger partial charge < -0.3 is 14.9 Å². The molecule has 0 aliphatic carbocycles. The first-order valence-corrected chi connectivity index (χ1v) is 6.18. The van der Waals surface area contributed by atoms with Gasteiger partial charge in [0.25, 0.3) is 5.56 Å². The molecule has 1 aliphatic rings. The van der Waals surface area contributed by atoms with Crippen molar-refractivity contribution in [3.8, 4) is 0 Å². The topological polar surface area (TPSA) is 105 Å². The lowest BCUT2D eigenvalue weighted by Crippen LogP contribution is -2.44. The number of aromatic nitrogens is 2. The second-order valence-corrected chi connectivity index (χ2v) is 4.99. The van der Waals surface area contributed by atoms with E-state index in [0.29, 0.717) is 18.4 Å². The summed E-state index contributed by atoms with van der Waals surface area (Å²) in [6.45, 7) is 2.81. The number of nitrogens with zero attached hydrogens (tertiary/aromatic N) is 1. The van der Waals surface area contributed by atoms with Crippen LogP contribution in [0, 0.1) is 6.92 Å². The predicted molar refractivity (Wildman–Crippen MR) is 66.9 cm³/mol. The van der Waals surface area contributed by atoms with E-state index in [4.69, 9.17) is 4.74 Å². The fourth-order valence-electron chi connectivity index (χ4n) is 2.31. The molecule has 19 heavy (non-hydrogen) atoms.